The Morgan fingerprint density at radius 3 is 2.21 bits per heavy atom. The van der Waals surface area contributed by atoms with Gasteiger partial charge in [0.25, 0.3) is 5.91 Å². The van der Waals surface area contributed by atoms with Crippen LogP contribution in [0.4, 0.5) is 0 Å². The Morgan fingerprint density at radius 1 is 1.04 bits per heavy atom. The normalized spacial score (nSPS) is 19.1. The van der Waals surface area contributed by atoms with Crippen molar-refractivity contribution in [2.24, 2.45) is 0 Å². The largest absolute Gasteiger partial charge is 0.484 e. The topological polar surface area (TPSA) is 79.4 Å². The molecule has 3 rings (SSSR count). The number of benzene rings is 1. The lowest BCUT2D eigenvalue weighted by atomic mass is 10.3. The first-order chi connectivity index (χ1) is 13.0. The van der Waals surface area contributed by atoms with Gasteiger partial charge in [0.2, 0.25) is 10.0 Å². The molecular weight excluding hydrogens is 406 g/mol. The van der Waals surface area contributed by atoms with E-state index in [2.05, 4.69) is 11.8 Å². The zero-order valence-electron chi connectivity index (χ0n) is 16.1. The van der Waals surface area contributed by atoms with Crippen LogP contribution >= 0.6 is 12.4 Å². The molecule has 0 N–H and O–H groups in total. The van der Waals surface area contributed by atoms with Crippen LogP contribution in [0.15, 0.2) is 29.2 Å². The molecule has 2 saturated heterocycles. The van der Waals surface area contributed by atoms with Gasteiger partial charge in [-0.25, -0.2) is 8.42 Å². The third kappa shape index (κ3) is 5.57. The van der Waals surface area contributed by atoms with E-state index in [-0.39, 0.29) is 29.8 Å². The molecule has 0 aromatic heterocycles. The number of piperazine rings is 1. The van der Waals surface area contributed by atoms with Crippen LogP contribution < -0.4 is 4.74 Å². The summed E-state index contributed by atoms with van der Waals surface area (Å²) in [6.45, 7) is 7.82. The molecule has 2 fully saturated rings. The summed E-state index contributed by atoms with van der Waals surface area (Å²) in [7, 11) is -3.52. The molecular formula is C18H28ClN3O5S. The lowest BCUT2D eigenvalue weighted by molar-refractivity contribution is -0.135. The van der Waals surface area contributed by atoms with Crippen molar-refractivity contribution in [3.05, 3.63) is 24.3 Å². The molecule has 0 unspecified atom stereocenters. The summed E-state index contributed by atoms with van der Waals surface area (Å²) in [5.41, 5.74) is 0. The fourth-order valence-corrected chi connectivity index (χ4v) is 4.60. The molecule has 0 radical (unpaired) electrons. The Balaban J connectivity index is 0.00000280. The minimum atomic E-state index is -3.52. The van der Waals surface area contributed by atoms with Crippen LogP contribution in [0, 0.1) is 0 Å². The van der Waals surface area contributed by atoms with Gasteiger partial charge in [-0.3, -0.25) is 4.79 Å². The summed E-state index contributed by atoms with van der Waals surface area (Å²) < 4.78 is 37.4. The van der Waals surface area contributed by atoms with E-state index in [0.29, 0.717) is 45.1 Å². The third-order valence-corrected chi connectivity index (χ3v) is 6.88. The zero-order valence-corrected chi connectivity index (χ0v) is 17.7. The Bertz CT molecular complexity index is 730. The number of hydrogen-bond donors (Lipinski definition) is 0. The molecule has 0 aliphatic carbocycles. The van der Waals surface area contributed by atoms with Crippen molar-refractivity contribution in [3.8, 4) is 5.75 Å². The smallest absolute Gasteiger partial charge is 0.260 e. The summed E-state index contributed by atoms with van der Waals surface area (Å²) in [5.74, 6) is 0.437. The Labute approximate surface area is 172 Å². The van der Waals surface area contributed by atoms with Gasteiger partial charge in [0.05, 0.1) is 18.1 Å². The highest BCUT2D eigenvalue weighted by Gasteiger charge is 2.26. The molecule has 0 atom stereocenters. The number of sulfonamides is 1. The Hall–Kier alpha value is -1.39. The summed E-state index contributed by atoms with van der Waals surface area (Å²) >= 11 is 0. The van der Waals surface area contributed by atoms with Crippen LogP contribution in [0.25, 0.3) is 0 Å². The van der Waals surface area contributed by atoms with E-state index in [1.54, 1.807) is 12.1 Å². The van der Waals surface area contributed by atoms with E-state index < -0.39 is 10.0 Å². The zero-order chi connectivity index (χ0) is 19.3. The fourth-order valence-electron chi connectivity index (χ4n) is 3.19. The number of ether oxygens (including phenoxy) is 2. The van der Waals surface area contributed by atoms with Crippen LogP contribution in [0.3, 0.4) is 0 Å². The molecule has 0 bridgehead atoms. The minimum Gasteiger partial charge on any atom is -0.484 e. The van der Waals surface area contributed by atoms with Gasteiger partial charge in [-0.05, 0) is 30.8 Å². The second-order valence-electron chi connectivity index (χ2n) is 6.59. The van der Waals surface area contributed by atoms with E-state index in [1.165, 1.54) is 16.4 Å². The number of likely N-dealkylation sites (N-methyl/N-ethyl adjacent to an activating group) is 1. The highest BCUT2D eigenvalue weighted by atomic mass is 35.5. The fraction of sp³-hybridized carbons (Fsp3) is 0.611. The van der Waals surface area contributed by atoms with Crippen LogP contribution in [0.1, 0.15) is 6.92 Å². The molecule has 2 aliphatic heterocycles. The molecule has 10 heteroatoms. The van der Waals surface area contributed by atoms with Crippen molar-refractivity contribution in [3.63, 3.8) is 0 Å². The number of hydrogen-bond acceptors (Lipinski definition) is 6. The summed E-state index contributed by atoms with van der Waals surface area (Å²) in [5, 5.41) is 0. The SMILES string of the molecule is CCN1CCN(C(=O)COc2ccc(S(=O)(=O)N3CCOCC3)cc2)CC1.Cl. The monoisotopic (exact) mass is 433 g/mol. The molecule has 1 aromatic rings. The first-order valence-corrected chi connectivity index (χ1v) is 10.8. The van der Waals surface area contributed by atoms with Gasteiger partial charge >= 0.3 is 0 Å². The second-order valence-corrected chi connectivity index (χ2v) is 8.53. The van der Waals surface area contributed by atoms with E-state index >= 15 is 0 Å². The molecule has 0 spiro atoms. The van der Waals surface area contributed by atoms with Crippen LogP contribution in [0.5, 0.6) is 5.75 Å². The lowest BCUT2D eigenvalue weighted by Gasteiger charge is -2.33. The van der Waals surface area contributed by atoms with Gasteiger partial charge in [-0.1, -0.05) is 6.92 Å². The van der Waals surface area contributed by atoms with Crippen molar-refractivity contribution in [2.75, 3.05) is 65.6 Å². The molecule has 1 aromatic carbocycles. The molecule has 28 heavy (non-hydrogen) atoms. The maximum atomic E-state index is 12.6. The highest BCUT2D eigenvalue weighted by Crippen LogP contribution is 2.20. The third-order valence-electron chi connectivity index (χ3n) is 4.97. The number of nitrogens with zero attached hydrogens (tertiary/aromatic N) is 3. The first kappa shape index (κ1) is 22.9. The number of morpholine rings is 1. The second kappa shape index (κ2) is 10.4. The predicted molar refractivity (Wildman–Crippen MR) is 107 cm³/mol. The maximum absolute atomic E-state index is 12.6. The average Bonchev–Trinajstić information content (AvgIpc) is 2.73. The molecule has 1 amide bonds. The van der Waals surface area contributed by atoms with Crippen molar-refractivity contribution < 1.29 is 22.7 Å². The minimum absolute atomic E-state index is 0. The lowest BCUT2D eigenvalue weighted by Crippen LogP contribution is -2.49. The Morgan fingerprint density at radius 2 is 1.64 bits per heavy atom. The number of carbonyl (C=O) groups excluding carboxylic acids is 1. The van der Waals surface area contributed by atoms with Gasteiger partial charge in [0.1, 0.15) is 5.75 Å². The number of halogens is 1. The van der Waals surface area contributed by atoms with Gasteiger partial charge in [0, 0.05) is 39.3 Å². The quantitative estimate of drug-likeness (QED) is 0.656. The van der Waals surface area contributed by atoms with Crippen molar-refractivity contribution in [2.45, 2.75) is 11.8 Å². The average molecular weight is 434 g/mol. The molecule has 2 heterocycles. The van der Waals surface area contributed by atoms with Gasteiger partial charge in [-0.2, -0.15) is 4.31 Å². The maximum Gasteiger partial charge on any atom is 0.260 e. The van der Waals surface area contributed by atoms with Crippen LogP contribution in [-0.4, -0.2) is 94.1 Å². The molecule has 0 saturated carbocycles. The van der Waals surface area contributed by atoms with E-state index in [0.717, 1.165) is 19.6 Å². The molecule has 158 valence electrons. The number of amides is 1. The molecule has 2 aliphatic rings. The van der Waals surface area contributed by atoms with E-state index in [4.69, 9.17) is 9.47 Å². The van der Waals surface area contributed by atoms with Crippen LogP contribution in [0.2, 0.25) is 0 Å². The summed E-state index contributed by atoms with van der Waals surface area (Å²) in [4.78, 5) is 16.6. The summed E-state index contributed by atoms with van der Waals surface area (Å²) in [6, 6.07) is 6.22. The highest BCUT2D eigenvalue weighted by molar-refractivity contribution is 7.89. The van der Waals surface area contributed by atoms with Gasteiger partial charge < -0.3 is 19.3 Å². The molecule has 8 nitrogen and oxygen atoms in total. The van der Waals surface area contributed by atoms with Crippen molar-refractivity contribution in [1.29, 1.82) is 0 Å². The van der Waals surface area contributed by atoms with Crippen molar-refractivity contribution in [1.82, 2.24) is 14.1 Å². The van der Waals surface area contributed by atoms with Crippen molar-refractivity contribution >= 4 is 28.3 Å². The number of rotatable bonds is 6. The Kier molecular flexibility index (Phi) is 8.51. The van der Waals surface area contributed by atoms with Gasteiger partial charge in [0.15, 0.2) is 6.61 Å². The summed E-state index contributed by atoms with van der Waals surface area (Å²) in [6.07, 6.45) is 0. The van der Waals surface area contributed by atoms with Gasteiger partial charge in [-0.15, -0.1) is 12.4 Å². The standard InChI is InChI=1S/C18H27N3O5S.ClH/c1-2-19-7-9-20(10-8-19)18(22)15-26-16-3-5-17(6-4-16)27(23,24)21-11-13-25-14-12-21;/h3-6H,2,7-15H2,1H3;1H. The first-order valence-electron chi connectivity index (χ1n) is 9.31. The predicted octanol–water partition coefficient (Wildman–Crippen LogP) is 0.672. The van der Waals surface area contributed by atoms with Crippen LogP contribution in [-0.2, 0) is 19.6 Å². The number of carbonyl (C=O) groups is 1. The van der Waals surface area contributed by atoms with E-state index in [1.807, 2.05) is 4.90 Å². The van der Waals surface area contributed by atoms with E-state index in [9.17, 15) is 13.2 Å².